The van der Waals surface area contributed by atoms with Crippen LogP contribution in [0.25, 0.3) is 21.4 Å². The summed E-state index contributed by atoms with van der Waals surface area (Å²) in [6, 6.07) is 0. The van der Waals surface area contributed by atoms with Gasteiger partial charge in [-0.25, -0.2) is 15.0 Å². The number of hydrogen-bond donors (Lipinski definition) is 3. The lowest BCUT2D eigenvalue weighted by Gasteiger charge is -2.01. The van der Waals surface area contributed by atoms with Crippen LogP contribution in [0.1, 0.15) is 12.8 Å². The topological polar surface area (TPSA) is 87.9 Å². The lowest BCUT2D eigenvalue weighted by molar-refractivity contribution is 0.286. The van der Waals surface area contributed by atoms with Crippen molar-refractivity contribution in [1.82, 2.24) is 19.5 Å². The fraction of sp³-hybridized carbons (Fsp3) is 0.462. The van der Waals surface area contributed by atoms with Gasteiger partial charge >= 0.3 is 0 Å². The molecule has 0 radical (unpaired) electrons. The van der Waals surface area contributed by atoms with E-state index in [2.05, 4.69) is 25.6 Å². The molecule has 7 nitrogen and oxygen atoms in total. The molecular weight excluding hydrogens is 288 g/mol. The maximum Gasteiger partial charge on any atom is 0.185 e. The Morgan fingerprint density at radius 1 is 1.29 bits per heavy atom. The highest BCUT2D eigenvalue weighted by Crippen LogP contribution is 2.32. The molecule has 0 saturated heterocycles. The molecule has 0 aromatic carbocycles. The van der Waals surface area contributed by atoms with Crippen molar-refractivity contribution in [1.29, 1.82) is 0 Å². The Labute approximate surface area is 126 Å². The summed E-state index contributed by atoms with van der Waals surface area (Å²) >= 11 is 1.53. The molecule has 0 atom stereocenters. The summed E-state index contributed by atoms with van der Waals surface area (Å²) in [7, 11) is 3.80. The highest BCUT2D eigenvalue weighted by atomic mass is 32.1. The first-order chi connectivity index (χ1) is 10.2. The van der Waals surface area contributed by atoms with Gasteiger partial charge in [0.2, 0.25) is 0 Å². The molecule has 112 valence electrons. The third-order valence-corrected chi connectivity index (χ3v) is 4.21. The molecule has 3 aromatic rings. The minimum absolute atomic E-state index is 0.226. The van der Waals surface area contributed by atoms with Crippen LogP contribution in [0.2, 0.25) is 0 Å². The minimum Gasteiger partial charge on any atom is -0.396 e. The Kier molecular flexibility index (Phi) is 3.89. The Hall–Kier alpha value is -1.93. The van der Waals surface area contributed by atoms with Crippen LogP contribution in [0, 0.1) is 0 Å². The number of aliphatic hydroxyl groups excluding tert-OH is 1. The molecule has 0 spiro atoms. The average Bonchev–Trinajstić information content (AvgIpc) is 3.06. The van der Waals surface area contributed by atoms with E-state index < -0.39 is 0 Å². The van der Waals surface area contributed by atoms with Crippen LogP contribution in [-0.2, 0) is 7.05 Å². The molecule has 3 aromatic heterocycles. The first-order valence-electron chi connectivity index (χ1n) is 6.88. The van der Waals surface area contributed by atoms with Crippen molar-refractivity contribution in [2.24, 2.45) is 7.05 Å². The number of nitrogens with one attached hydrogen (secondary N) is 2. The molecular formula is C13H18N6OS. The van der Waals surface area contributed by atoms with E-state index in [-0.39, 0.29) is 6.61 Å². The fourth-order valence-corrected chi connectivity index (χ4v) is 3.13. The molecule has 0 fully saturated rings. The van der Waals surface area contributed by atoms with Crippen molar-refractivity contribution >= 4 is 43.7 Å². The molecule has 0 bridgehead atoms. The van der Waals surface area contributed by atoms with Gasteiger partial charge in [-0.3, -0.25) is 0 Å². The maximum atomic E-state index is 8.79. The summed E-state index contributed by atoms with van der Waals surface area (Å²) in [5.41, 5.74) is 2.70. The summed E-state index contributed by atoms with van der Waals surface area (Å²) in [6.07, 6.45) is 3.50. The zero-order valence-corrected chi connectivity index (χ0v) is 12.9. The third-order valence-electron chi connectivity index (χ3n) is 3.31. The van der Waals surface area contributed by atoms with Crippen molar-refractivity contribution in [2.75, 3.05) is 30.8 Å². The van der Waals surface area contributed by atoms with Crippen molar-refractivity contribution in [3.63, 3.8) is 0 Å². The summed E-state index contributed by atoms with van der Waals surface area (Å²) in [6.45, 7) is 1.03. The minimum atomic E-state index is 0.226. The van der Waals surface area contributed by atoms with Gasteiger partial charge < -0.3 is 20.3 Å². The van der Waals surface area contributed by atoms with Crippen molar-refractivity contribution < 1.29 is 5.11 Å². The van der Waals surface area contributed by atoms with E-state index in [4.69, 9.17) is 5.11 Å². The van der Waals surface area contributed by atoms with Crippen LogP contribution in [0.5, 0.6) is 0 Å². The van der Waals surface area contributed by atoms with Crippen LogP contribution in [-0.4, -0.2) is 44.8 Å². The van der Waals surface area contributed by atoms with Gasteiger partial charge in [-0.05, 0) is 12.8 Å². The normalized spacial score (nSPS) is 11.4. The first-order valence-corrected chi connectivity index (χ1v) is 7.70. The Morgan fingerprint density at radius 3 is 2.90 bits per heavy atom. The first kappa shape index (κ1) is 14.0. The van der Waals surface area contributed by atoms with Gasteiger partial charge in [0.25, 0.3) is 0 Å². The van der Waals surface area contributed by atoms with E-state index in [0.29, 0.717) is 0 Å². The molecule has 3 rings (SSSR count). The van der Waals surface area contributed by atoms with E-state index in [1.807, 2.05) is 18.7 Å². The van der Waals surface area contributed by atoms with Gasteiger partial charge in [-0.15, -0.1) is 0 Å². The SMILES string of the molecule is CNc1nc2sc(NCCCCO)nc2c2c1ncn2C. The predicted octanol–water partition coefficient (Wildman–Crippen LogP) is 1.80. The number of aliphatic hydroxyl groups is 1. The molecule has 0 unspecified atom stereocenters. The second kappa shape index (κ2) is 5.82. The average molecular weight is 306 g/mol. The molecule has 0 aliphatic rings. The summed E-state index contributed by atoms with van der Waals surface area (Å²) in [5, 5.41) is 16.0. The van der Waals surface area contributed by atoms with Gasteiger partial charge in [0.05, 0.1) is 6.33 Å². The smallest absolute Gasteiger partial charge is 0.185 e. The fourth-order valence-electron chi connectivity index (χ4n) is 2.26. The lowest BCUT2D eigenvalue weighted by Crippen LogP contribution is -2.01. The molecule has 3 heterocycles. The number of pyridine rings is 1. The van der Waals surface area contributed by atoms with Crippen LogP contribution in [0.4, 0.5) is 10.9 Å². The van der Waals surface area contributed by atoms with Crippen molar-refractivity contribution in [3.8, 4) is 0 Å². The number of hydrogen-bond acceptors (Lipinski definition) is 7. The van der Waals surface area contributed by atoms with Gasteiger partial charge in [-0.2, -0.15) is 0 Å². The molecule has 8 heteroatoms. The second-order valence-corrected chi connectivity index (χ2v) is 5.77. The molecule has 0 aliphatic heterocycles. The number of fused-ring (bicyclic) bond motifs is 3. The standard InChI is InChI=1S/C13H18N6OS/c1-14-11-8-10(19(2)7-16-8)9-12(18-11)21-13(17-9)15-5-3-4-6-20/h7,20H,3-6H2,1-2H3,(H,14,18)(H,15,17). The molecule has 21 heavy (non-hydrogen) atoms. The van der Waals surface area contributed by atoms with E-state index in [1.54, 1.807) is 6.33 Å². The third kappa shape index (κ3) is 2.52. The zero-order valence-electron chi connectivity index (χ0n) is 12.1. The molecule has 0 aliphatic carbocycles. The lowest BCUT2D eigenvalue weighted by atomic mass is 10.3. The molecule has 0 amide bonds. The number of nitrogens with zero attached hydrogens (tertiary/aromatic N) is 4. The van der Waals surface area contributed by atoms with E-state index in [1.165, 1.54) is 11.3 Å². The quantitative estimate of drug-likeness (QED) is 0.602. The highest BCUT2D eigenvalue weighted by Gasteiger charge is 2.15. The van der Waals surface area contributed by atoms with E-state index >= 15 is 0 Å². The van der Waals surface area contributed by atoms with Gasteiger partial charge in [0, 0.05) is 27.2 Å². The summed E-state index contributed by atoms with van der Waals surface area (Å²) in [4.78, 5) is 14.5. The number of anilines is 2. The second-order valence-electron chi connectivity index (χ2n) is 4.79. The number of thiazole rings is 1. The number of aromatic nitrogens is 4. The number of aryl methyl sites for hydroxylation is 1. The Balaban J connectivity index is 2.00. The molecule has 0 saturated carbocycles. The van der Waals surface area contributed by atoms with Crippen molar-refractivity contribution in [2.45, 2.75) is 12.8 Å². The largest absolute Gasteiger partial charge is 0.396 e. The van der Waals surface area contributed by atoms with Crippen molar-refractivity contribution in [3.05, 3.63) is 6.33 Å². The highest BCUT2D eigenvalue weighted by molar-refractivity contribution is 7.21. The number of imidazole rings is 1. The van der Waals surface area contributed by atoms with Gasteiger partial charge in [0.1, 0.15) is 21.4 Å². The van der Waals surface area contributed by atoms with Crippen LogP contribution >= 0.6 is 11.3 Å². The maximum absolute atomic E-state index is 8.79. The Bertz CT molecular complexity index is 765. The Morgan fingerprint density at radius 2 is 2.14 bits per heavy atom. The predicted molar refractivity (Wildman–Crippen MR) is 86.0 cm³/mol. The zero-order chi connectivity index (χ0) is 14.8. The van der Waals surface area contributed by atoms with Crippen LogP contribution < -0.4 is 10.6 Å². The van der Waals surface area contributed by atoms with Gasteiger partial charge in [0.15, 0.2) is 10.9 Å². The number of unbranched alkanes of at least 4 members (excludes halogenated alkanes) is 1. The van der Waals surface area contributed by atoms with E-state index in [0.717, 1.165) is 51.7 Å². The summed E-state index contributed by atoms with van der Waals surface area (Å²) in [5.74, 6) is 0.772. The van der Waals surface area contributed by atoms with E-state index in [9.17, 15) is 0 Å². The molecule has 3 N–H and O–H groups in total. The van der Waals surface area contributed by atoms with Crippen LogP contribution in [0.15, 0.2) is 6.33 Å². The number of rotatable bonds is 6. The van der Waals surface area contributed by atoms with Crippen LogP contribution in [0.3, 0.4) is 0 Å². The summed E-state index contributed by atoms with van der Waals surface area (Å²) < 4.78 is 1.97. The monoisotopic (exact) mass is 306 g/mol. The van der Waals surface area contributed by atoms with Gasteiger partial charge in [-0.1, -0.05) is 11.3 Å².